The largest absolute Gasteiger partial charge is 0.438 e. The Bertz CT molecular complexity index is 973. The van der Waals surface area contributed by atoms with E-state index in [1.807, 2.05) is 0 Å². The van der Waals surface area contributed by atoms with Crippen LogP contribution in [0, 0.1) is 15.9 Å². The molecule has 1 heterocycles. The van der Waals surface area contributed by atoms with Gasteiger partial charge in [-0.1, -0.05) is 6.07 Å². The summed E-state index contributed by atoms with van der Waals surface area (Å²) in [7, 11) is 0. The van der Waals surface area contributed by atoms with Gasteiger partial charge in [0.1, 0.15) is 11.6 Å². The number of pyridine rings is 1. The van der Waals surface area contributed by atoms with Gasteiger partial charge in [-0.05, 0) is 30.3 Å². The van der Waals surface area contributed by atoms with Crippen molar-refractivity contribution in [2.75, 3.05) is 0 Å². The predicted octanol–water partition coefficient (Wildman–Crippen LogP) is 5.09. The summed E-state index contributed by atoms with van der Waals surface area (Å²) < 4.78 is 57.0. The van der Waals surface area contributed by atoms with Crippen molar-refractivity contribution >= 4 is 16.5 Å². The molecule has 3 rings (SSSR count). The Labute approximate surface area is 137 Å². The predicted molar refractivity (Wildman–Crippen MR) is 79.9 cm³/mol. The highest BCUT2D eigenvalue weighted by atomic mass is 19.4. The normalized spacial score (nSPS) is 11.5. The monoisotopic (exact) mass is 352 g/mol. The van der Waals surface area contributed by atoms with Gasteiger partial charge in [-0.2, -0.15) is 13.2 Å². The molecule has 0 saturated carbocycles. The Morgan fingerprint density at radius 3 is 2.52 bits per heavy atom. The van der Waals surface area contributed by atoms with Gasteiger partial charge in [-0.15, -0.1) is 0 Å². The first-order chi connectivity index (χ1) is 11.8. The Kier molecular flexibility index (Phi) is 3.99. The minimum Gasteiger partial charge on any atom is -0.438 e. The molecule has 0 aliphatic carbocycles. The third-order valence-corrected chi connectivity index (χ3v) is 3.40. The molecular weight excluding hydrogens is 344 g/mol. The molecule has 128 valence electrons. The van der Waals surface area contributed by atoms with Crippen molar-refractivity contribution in [1.29, 1.82) is 0 Å². The van der Waals surface area contributed by atoms with Crippen LogP contribution in [0.2, 0.25) is 0 Å². The van der Waals surface area contributed by atoms with Gasteiger partial charge in [0.15, 0.2) is 0 Å². The van der Waals surface area contributed by atoms with Gasteiger partial charge in [-0.3, -0.25) is 10.1 Å². The molecule has 0 saturated heterocycles. The van der Waals surface area contributed by atoms with Crippen LogP contribution in [0.3, 0.4) is 0 Å². The number of hydrogen-bond acceptors (Lipinski definition) is 4. The van der Waals surface area contributed by atoms with Gasteiger partial charge >= 0.3 is 6.18 Å². The molecule has 9 heteroatoms. The number of aromatic nitrogens is 1. The summed E-state index contributed by atoms with van der Waals surface area (Å²) in [5.74, 6) is -1.84. The average Bonchev–Trinajstić information content (AvgIpc) is 2.55. The summed E-state index contributed by atoms with van der Waals surface area (Å²) in [5, 5.41) is 11.5. The van der Waals surface area contributed by atoms with E-state index in [1.165, 1.54) is 30.5 Å². The number of nitro groups is 1. The zero-order valence-corrected chi connectivity index (χ0v) is 12.2. The van der Waals surface area contributed by atoms with Crippen LogP contribution < -0.4 is 4.74 Å². The summed E-state index contributed by atoms with van der Waals surface area (Å²) in [5.41, 5.74) is -1.67. The minimum atomic E-state index is -4.88. The molecule has 0 aliphatic rings. The van der Waals surface area contributed by atoms with E-state index in [0.29, 0.717) is 12.1 Å². The van der Waals surface area contributed by atoms with E-state index in [-0.39, 0.29) is 28.1 Å². The second-order valence-corrected chi connectivity index (χ2v) is 4.99. The summed E-state index contributed by atoms with van der Waals surface area (Å²) in [4.78, 5) is 14.4. The molecular formula is C16H8F4N2O3. The molecule has 0 N–H and O–H groups in total. The lowest BCUT2D eigenvalue weighted by molar-refractivity contribution is -0.383. The fourth-order valence-corrected chi connectivity index (χ4v) is 2.30. The van der Waals surface area contributed by atoms with E-state index in [9.17, 15) is 27.7 Å². The number of alkyl halides is 3. The molecule has 0 bridgehead atoms. The number of ether oxygens (including phenoxy) is 1. The first kappa shape index (κ1) is 16.6. The zero-order valence-electron chi connectivity index (χ0n) is 12.2. The zero-order chi connectivity index (χ0) is 18.2. The molecule has 0 amide bonds. The van der Waals surface area contributed by atoms with Crippen LogP contribution in [-0.2, 0) is 6.18 Å². The number of nitrogens with zero attached hydrogens (tertiary/aromatic N) is 2. The second-order valence-electron chi connectivity index (χ2n) is 4.99. The van der Waals surface area contributed by atoms with Gasteiger partial charge < -0.3 is 4.74 Å². The topological polar surface area (TPSA) is 65.3 Å². The third-order valence-electron chi connectivity index (χ3n) is 3.40. The highest BCUT2D eigenvalue weighted by molar-refractivity contribution is 5.94. The van der Waals surface area contributed by atoms with Crippen LogP contribution in [-0.4, -0.2) is 9.91 Å². The molecule has 25 heavy (non-hydrogen) atoms. The summed E-state index contributed by atoms with van der Waals surface area (Å²) in [6.45, 7) is 0. The highest BCUT2D eigenvalue weighted by Gasteiger charge is 2.34. The molecule has 0 unspecified atom stereocenters. The van der Waals surface area contributed by atoms with Gasteiger partial charge in [0.05, 0.1) is 21.3 Å². The van der Waals surface area contributed by atoms with Crippen molar-refractivity contribution in [3.8, 4) is 11.6 Å². The number of benzene rings is 2. The van der Waals surface area contributed by atoms with Crippen LogP contribution in [0.4, 0.5) is 23.2 Å². The van der Waals surface area contributed by atoms with Crippen LogP contribution in [0.5, 0.6) is 11.6 Å². The van der Waals surface area contributed by atoms with E-state index in [2.05, 4.69) is 4.98 Å². The van der Waals surface area contributed by atoms with Crippen molar-refractivity contribution in [2.45, 2.75) is 6.18 Å². The molecule has 0 fully saturated rings. The van der Waals surface area contributed by atoms with E-state index >= 15 is 0 Å². The number of halogens is 4. The molecule has 0 radical (unpaired) electrons. The van der Waals surface area contributed by atoms with Crippen molar-refractivity contribution in [1.82, 2.24) is 4.98 Å². The standard InChI is InChI=1S/C16H8F4N2O3/c17-13-5-4-9(8-12(13)16(18,19)20)25-15-11-2-1-3-14(22(23)24)10(11)6-7-21-15/h1-8H. The van der Waals surface area contributed by atoms with Crippen LogP contribution >= 0.6 is 0 Å². The number of non-ortho nitro benzene ring substituents is 1. The number of nitro benzene ring substituents is 1. The van der Waals surface area contributed by atoms with Crippen LogP contribution in [0.25, 0.3) is 10.8 Å². The van der Waals surface area contributed by atoms with E-state index in [0.717, 1.165) is 6.07 Å². The molecule has 0 aliphatic heterocycles. The molecule has 5 nitrogen and oxygen atoms in total. The molecule has 1 aromatic heterocycles. The lowest BCUT2D eigenvalue weighted by Crippen LogP contribution is -2.08. The summed E-state index contributed by atoms with van der Waals surface area (Å²) >= 11 is 0. The lowest BCUT2D eigenvalue weighted by Gasteiger charge is -2.11. The van der Waals surface area contributed by atoms with E-state index in [1.54, 1.807) is 0 Å². The fraction of sp³-hybridized carbons (Fsp3) is 0.0625. The first-order valence-corrected chi connectivity index (χ1v) is 6.84. The Morgan fingerprint density at radius 1 is 1.08 bits per heavy atom. The SMILES string of the molecule is O=[N+]([O-])c1cccc2c(Oc3ccc(F)c(C(F)(F)F)c3)nccc12. The number of hydrogen-bond donors (Lipinski definition) is 0. The van der Waals surface area contributed by atoms with Gasteiger partial charge in [0, 0.05) is 12.3 Å². The van der Waals surface area contributed by atoms with Crippen molar-refractivity contribution in [3.05, 3.63) is 70.2 Å². The maximum absolute atomic E-state index is 13.3. The average molecular weight is 352 g/mol. The summed E-state index contributed by atoms with van der Waals surface area (Å²) in [6, 6.07) is 7.72. The van der Waals surface area contributed by atoms with Crippen molar-refractivity contribution in [2.24, 2.45) is 0 Å². The van der Waals surface area contributed by atoms with Crippen molar-refractivity contribution in [3.63, 3.8) is 0 Å². The number of rotatable bonds is 3. The molecule has 0 spiro atoms. The Hall–Kier alpha value is -3.23. The van der Waals surface area contributed by atoms with Gasteiger partial charge in [-0.25, -0.2) is 9.37 Å². The smallest absolute Gasteiger partial charge is 0.419 e. The van der Waals surface area contributed by atoms with Crippen LogP contribution in [0.15, 0.2) is 48.7 Å². The fourth-order valence-electron chi connectivity index (χ4n) is 2.30. The second kappa shape index (κ2) is 6.00. The van der Waals surface area contributed by atoms with Crippen LogP contribution in [0.1, 0.15) is 5.56 Å². The van der Waals surface area contributed by atoms with E-state index in [4.69, 9.17) is 4.74 Å². The maximum atomic E-state index is 13.3. The molecule has 2 aromatic carbocycles. The highest BCUT2D eigenvalue weighted by Crippen LogP contribution is 2.36. The third kappa shape index (κ3) is 3.21. The van der Waals surface area contributed by atoms with Gasteiger partial charge in [0.25, 0.3) is 5.69 Å². The maximum Gasteiger partial charge on any atom is 0.419 e. The Morgan fingerprint density at radius 2 is 1.84 bits per heavy atom. The first-order valence-electron chi connectivity index (χ1n) is 6.84. The Balaban J connectivity index is 2.08. The number of fused-ring (bicyclic) bond motifs is 1. The lowest BCUT2D eigenvalue weighted by atomic mass is 10.1. The molecule has 0 atom stereocenters. The van der Waals surface area contributed by atoms with Crippen molar-refractivity contribution < 1.29 is 27.2 Å². The molecule has 3 aromatic rings. The quantitative estimate of drug-likeness (QED) is 0.374. The van der Waals surface area contributed by atoms with Gasteiger partial charge in [0.2, 0.25) is 5.88 Å². The summed E-state index contributed by atoms with van der Waals surface area (Å²) in [6.07, 6.45) is -3.65. The minimum absolute atomic E-state index is 0.124. The van der Waals surface area contributed by atoms with E-state index < -0.39 is 22.5 Å².